The van der Waals surface area contributed by atoms with Crippen LogP contribution in [0, 0.1) is 0 Å². The van der Waals surface area contributed by atoms with Crippen molar-refractivity contribution in [2.45, 2.75) is 13.0 Å². The Morgan fingerprint density at radius 2 is 1.95 bits per heavy atom. The van der Waals surface area contributed by atoms with Gasteiger partial charge < -0.3 is 13.8 Å². The molecule has 2 heterocycles. The van der Waals surface area contributed by atoms with Crippen LogP contribution in [-0.2, 0) is 13.0 Å². The van der Waals surface area contributed by atoms with E-state index in [1.165, 1.54) is 0 Å². The van der Waals surface area contributed by atoms with Gasteiger partial charge in [-0.2, -0.15) is 4.98 Å². The summed E-state index contributed by atoms with van der Waals surface area (Å²) in [6.45, 7) is 0.612. The number of rotatable bonds is 3. The first-order valence-corrected chi connectivity index (χ1v) is 7.09. The van der Waals surface area contributed by atoms with Gasteiger partial charge in [0.25, 0.3) is 0 Å². The summed E-state index contributed by atoms with van der Waals surface area (Å²) >= 11 is 2.35. The van der Waals surface area contributed by atoms with Crippen LogP contribution in [0.15, 0.2) is 23.0 Å². The van der Waals surface area contributed by atoms with E-state index in [1.54, 1.807) is 18.8 Å². The fourth-order valence-corrected chi connectivity index (χ4v) is 2.77. The summed E-state index contributed by atoms with van der Waals surface area (Å²) in [5.41, 5.74) is 2.69. The molecule has 21 heavy (non-hydrogen) atoms. The summed E-state index contributed by atoms with van der Waals surface area (Å²) in [5.74, 6) is 1.87. The maximum atomic E-state index is 12.1. The van der Waals surface area contributed by atoms with Gasteiger partial charge in [-0.25, -0.2) is 4.79 Å². The van der Waals surface area contributed by atoms with Crippen LogP contribution in [0.25, 0.3) is 11.3 Å². The fraction of sp³-hybridized carbons (Fsp3) is 0.286. The highest BCUT2D eigenvalue weighted by Crippen LogP contribution is 2.38. The lowest BCUT2D eigenvalue weighted by atomic mass is 9.97. The van der Waals surface area contributed by atoms with Crippen LogP contribution in [0.3, 0.4) is 0 Å². The number of aromatic nitrogens is 2. The zero-order chi connectivity index (χ0) is 15.0. The number of methoxy groups -OCH3 is 2. The van der Waals surface area contributed by atoms with E-state index >= 15 is 0 Å². The van der Waals surface area contributed by atoms with Crippen molar-refractivity contribution in [1.82, 2.24) is 9.55 Å². The van der Waals surface area contributed by atoms with Gasteiger partial charge in [-0.3, -0.25) is 4.57 Å². The van der Waals surface area contributed by atoms with Crippen molar-refractivity contribution in [3.63, 3.8) is 0 Å². The number of ether oxygens (including phenoxy) is 2. The minimum atomic E-state index is -0.252. The number of benzene rings is 1. The highest BCUT2D eigenvalue weighted by molar-refractivity contribution is 6.15. The van der Waals surface area contributed by atoms with Crippen LogP contribution in [0.4, 0.5) is 5.82 Å². The molecule has 1 aliphatic rings. The zero-order valence-corrected chi connectivity index (χ0v) is 13.0. The topological polar surface area (TPSA) is 65.4 Å². The van der Waals surface area contributed by atoms with Gasteiger partial charge >= 0.3 is 22.2 Å². The molecule has 1 N–H and O–H groups in total. The number of nitrogens with zero attached hydrogens (tertiary/aromatic N) is 2. The van der Waals surface area contributed by atoms with Gasteiger partial charge in [0, 0.05) is 18.2 Å². The normalized spacial score (nSPS) is 12.3. The molecule has 2 radical (unpaired) electrons. The van der Waals surface area contributed by atoms with Gasteiger partial charge in [0.15, 0.2) is 11.5 Å². The number of aryl methyl sites for hydroxylation is 1. The monoisotopic (exact) mass is 299 g/mol. The first kappa shape index (κ1) is 14.0. The molecule has 0 saturated carbocycles. The number of hydrogen-bond donors (Lipinski definition) is 1. The molecular weight excluding hydrogens is 285 g/mol. The Bertz CT molecular complexity index is 758. The second-order valence-electron chi connectivity index (χ2n) is 4.72. The molecule has 3 rings (SSSR count). The third kappa shape index (κ3) is 2.29. The predicted octanol–water partition coefficient (Wildman–Crippen LogP) is 0.979. The molecule has 0 atom stereocenters. The maximum Gasteiger partial charge on any atom is 0.349 e. The van der Waals surface area contributed by atoms with E-state index in [9.17, 15) is 4.79 Å². The molecule has 1 aromatic carbocycles. The van der Waals surface area contributed by atoms with E-state index in [4.69, 9.17) is 9.47 Å². The quantitative estimate of drug-likeness (QED) is 0.856. The van der Waals surface area contributed by atoms with Crippen molar-refractivity contribution in [2.75, 3.05) is 18.5 Å². The average molecular weight is 299 g/mol. The molecule has 0 amide bonds. The second-order valence-corrected chi connectivity index (χ2v) is 5.01. The lowest BCUT2D eigenvalue weighted by molar-refractivity contribution is 0.354. The van der Waals surface area contributed by atoms with Crippen molar-refractivity contribution in [1.29, 1.82) is 0 Å². The van der Waals surface area contributed by atoms with Crippen LogP contribution in [0.2, 0.25) is 0 Å². The minimum Gasteiger partial charge on any atom is -0.493 e. The Hall–Kier alpha value is -1.97. The Balaban J connectivity index is 2.26. The van der Waals surface area contributed by atoms with Gasteiger partial charge in [0.05, 0.1) is 19.9 Å². The molecule has 0 bridgehead atoms. The highest BCUT2D eigenvalue weighted by atomic mass is 27.1. The Morgan fingerprint density at radius 1 is 1.24 bits per heavy atom. The molecule has 0 saturated heterocycles. The van der Waals surface area contributed by atoms with Crippen molar-refractivity contribution >= 4 is 22.3 Å². The summed E-state index contributed by atoms with van der Waals surface area (Å²) < 4.78 is 15.2. The summed E-state index contributed by atoms with van der Waals surface area (Å²) in [7, 11) is 3.22. The first-order valence-electron chi connectivity index (χ1n) is 6.51. The summed E-state index contributed by atoms with van der Waals surface area (Å²) in [6, 6.07) is 5.74. The van der Waals surface area contributed by atoms with Gasteiger partial charge in [-0.1, -0.05) is 0 Å². The summed E-state index contributed by atoms with van der Waals surface area (Å²) in [6.07, 6.45) is 0.762. The first-order chi connectivity index (χ1) is 10.2. The number of anilines is 1. The number of nitrogens with one attached hydrogen (secondary N) is 1. The molecule has 0 spiro atoms. The van der Waals surface area contributed by atoms with Crippen molar-refractivity contribution in [3.8, 4) is 22.8 Å². The van der Waals surface area contributed by atoms with E-state index in [-0.39, 0.29) is 5.69 Å². The summed E-state index contributed by atoms with van der Waals surface area (Å²) in [4.78, 5) is 16.1. The van der Waals surface area contributed by atoms with Gasteiger partial charge in [-0.05, 0) is 24.1 Å². The van der Waals surface area contributed by atoms with Crippen molar-refractivity contribution < 1.29 is 9.47 Å². The van der Waals surface area contributed by atoms with E-state index < -0.39 is 0 Å². The zero-order valence-electron chi connectivity index (χ0n) is 11.8. The molecule has 7 heteroatoms. The predicted molar refractivity (Wildman–Crippen MR) is 80.1 cm³/mol. The molecule has 0 fully saturated rings. The Labute approximate surface area is 130 Å². The summed E-state index contributed by atoms with van der Waals surface area (Å²) in [5, 5.41) is 0. The highest BCUT2D eigenvalue weighted by Gasteiger charge is 2.21. The Kier molecular flexibility index (Phi) is 3.62. The maximum absolute atomic E-state index is 12.1. The molecule has 0 aliphatic carbocycles. The molecule has 106 valence electrons. The van der Waals surface area contributed by atoms with Crippen LogP contribution in [0.5, 0.6) is 11.5 Å². The van der Waals surface area contributed by atoms with E-state index in [2.05, 4.69) is 25.8 Å². The van der Waals surface area contributed by atoms with Gasteiger partial charge in [-0.15, -0.1) is 0 Å². The lowest BCUT2D eigenvalue weighted by Crippen LogP contribution is -2.28. The van der Waals surface area contributed by atoms with Crippen LogP contribution in [-0.4, -0.2) is 40.3 Å². The van der Waals surface area contributed by atoms with E-state index in [0.717, 1.165) is 23.2 Å². The molecule has 1 aromatic heterocycles. The smallest absolute Gasteiger partial charge is 0.349 e. The van der Waals surface area contributed by atoms with Gasteiger partial charge in [0.1, 0.15) is 5.82 Å². The molecule has 6 nitrogen and oxygen atoms in total. The van der Waals surface area contributed by atoms with Crippen LogP contribution < -0.4 is 19.5 Å². The molecular formula is C14H14AlN3O3. The largest absolute Gasteiger partial charge is 0.493 e. The SMILES string of the molecule is COc1cc2c(cc1OC)-c1cc([NH][Al])nc(=O)n1CC2. The lowest BCUT2D eigenvalue weighted by Gasteiger charge is -2.23. The van der Waals surface area contributed by atoms with Crippen molar-refractivity contribution in [2.24, 2.45) is 0 Å². The van der Waals surface area contributed by atoms with Crippen LogP contribution >= 0.6 is 0 Å². The standard InChI is InChI=1S/C14H15N3O3.Al/c1-19-11-5-8-3-4-17-10(7-13(15)16-14(17)18)9(8)6-12(11)20-2;/h5-7H,3-4H2,1-2H3,(H2,15,16,18);/q;+1/p-1. The van der Waals surface area contributed by atoms with E-state index in [0.29, 0.717) is 23.9 Å². The molecule has 0 unspecified atom stereocenters. The average Bonchev–Trinajstić information content (AvgIpc) is 2.52. The molecule has 2 aromatic rings. The van der Waals surface area contributed by atoms with Crippen LogP contribution in [0.1, 0.15) is 5.56 Å². The number of fused-ring (bicyclic) bond motifs is 3. The Morgan fingerprint density at radius 3 is 2.62 bits per heavy atom. The van der Waals surface area contributed by atoms with Gasteiger partial charge in [0.2, 0.25) is 0 Å². The third-order valence-corrected chi connectivity index (χ3v) is 3.94. The molecule has 1 aliphatic heterocycles. The third-order valence-electron chi connectivity index (χ3n) is 3.65. The van der Waals surface area contributed by atoms with Crippen molar-refractivity contribution in [3.05, 3.63) is 34.2 Å². The minimum absolute atomic E-state index is 0.252. The second kappa shape index (κ2) is 5.43. The van der Waals surface area contributed by atoms with E-state index in [1.807, 2.05) is 18.2 Å². The number of hydrogen-bond acceptors (Lipinski definition) is 5. The fourth-order valence-electron chi connectivity index (χ4n) is 2.62.